The fraction of sp³-hybridized carbons (Fsp3) is 0. The number of nitrogens with one attached hydrogen (secondary N) is 1. The zero-order valence-electron chi connectivity index (χ0n) is 3.09. The van der Waals surface area contributed by atoms with E-state index in [1.54, 1.807) is 0 Å². The van der Waals surface area contributed by atoms with Crippen molar-refractivity contribution in [3.8, 4) is 0 Å². The quantitative estimate of drug-likeness (QED) is 0.380. The maximum Gasteiger partial charge on any atom is 0.398 e. The summed E-state index contributed by atoms with van der Waals surface area (Å²) < 4.78 is 30.4. The molecule has 0 unspecified atom stereocenters. The van der Waals surface area contributed by atoms with Crippen LogP contribution in [0, 0.1) is 0 Å². The molecule has 1 N–H and O–H groups in total. The van der Waals surface area contributed by atoms with Crippen LogP contribution < -0.4 is 4.72 Å². The summed E-state index contributed by atoms with van der Waals surface area (Å²) in [5.41, 5.74) is 0. The first-order valence-electron chi connectivity index (χ1n) is 1.22. The lowest BCUT2D eigenvalue weighted by Crippen LogP contribution is -2.15. The molecule has 0 fully saturated rings. The van der Waals surface area contributed by atoms with Gasteiger partial charge in [0.05, 0.1) is 0 Å². The van der Waals surface area contributed by atoms with Crippen molar-refractivity contribution in [2.45, 2.75) is 0 Å². The van der Waals surface area contributed by atoms with Crippen molar-refractivity contribution in [1.29, 1.82) is 0 Å². The average molecular weight is 127 g/mol. The second-order valence-corrected chi connectivity index (χ2v) is 1.78. The molecule has 0 saturated heterocycles. The van der Waals surface area contributed by atoms with Crippen LogP contribution in [0.5, 0.6) is 0 Å². The van der Waals surface area contributed by atoms with E-state index in [4.69, 9.17) is 4.79 Å². The van der Waals surface area contributed by atoms with Gasteiger partial charge in [0.2, 0.25) is 6.41 Å². The number of hydrogen-bond acceptors (Lipinski definition) is 3. The van der Waals surface area contributed by atoms with Gasteiger partial charge in [0.25, 0.3) is 0 Å². The van der Waals surface area contributed by atoms with Gasteiger partial charge in [-0.05, 0) is 0 Å². The molecule has 0 bridgehead atoms. The van der Waals surface area contributed by atoms with Gasteiger partial charge >= 0.3 is 10.4 Å². The number of hydrogen-bond donors (Lipinski definition) is 1. The van der Waals surface area contributed by atoms with Gasteiger partial charge < -0.3 is 0 Å². The van der Waals surface area contributed by atoms with Gasteiger partial charge in [-0.3, -0.25) is 4.79 Å². The Morgan fingerprint density at radius 2 is 2.00 bits per heavy atom. The van der Waals surface area contributed by atoms with Crippen molar-refractivity contribution in [1.82, 2.24) is 4.72 Å². The molecule has 42 valence electrons. The monoisotopic (exact) mass is 127 g/mol. The summed E-state index contributed by atoms with van der Waals surface area (Å²) in [4.78, 5) is 9.09. The second-order valence-electron chi connectivity index (χ2n) is 0.674. The lowest BCUT2D eigenvalue weighted by atomic mass is 11.5. The fourth-order valence-electron chi connectivity index (χ4n) is 0.0575. The highest BCUT2D eigenvalue weighted by molar-refractivity contribution is 7.84. The molecule has 0 atom stereocenters. The topological polar surface area (TPSA) is 63.2 Å². The fourth-order valence-corrected chi connectivity index (χ4v) is 0.172. The number of rotatable bonds is 2. The first-order valence-corrected chi connectivity index (χ1v) is 2.60. The van der Waals surface area contributed by atoms with Crippen LogP contribution in [-0.2, 0) is 15.2 Å². The van der Waals surface area contributed by atoms with E-state index in [1.165, 1.54) is 0 Å². The van der Waals surface area contributed by atoms with Crippen LogP contribution in [0.3, 0.4) is 0 Å². The van der Waals surface area contributed by atoms with E-state index in [-0.39, 0.29) is 6.41 Å². The molecule has 0 aliphatic heterocycles. The Bertz CT molecular complexity index is 148. The molecule has 0 aromatic heterocycles. The predicted molar refractivity (Wildman–Crippen MR) is 19.2 cm³/mol. The molecular weight excluding hydrogens is 125 g/mol. The van der Waals surface area contributed by atoms with Crippen molar-refractivity contribution in [2.75, 3.05) is 0 Å². The van der Waals surface area contributed by atoms with E-state index in [9.17, 15) is 12.3 Å². The third-order valence-electron chi connectivity index (χ3n) is 0.189. The van der Waals surface area contributed by atoms with Crippen LogP contribution in [0.2, 0.25) is 0 Å². The van der Waals surface area contributed by atoms with Crippen LogP contribution in [0.15, 0.2) is 0 Å². The van der Waals surface area contributed by atoms with Crippen LogP contribution in [0.4, 0.5) is 3.89 Å². The third-order valence-corrected chi connectivity index (χ3v) is 0.567. The summed E-state index contributed by atoms with van der Waals surface area (Å²) in [5, 5.41) is 0. The Hall–Kier alpha value is -0.650. The lowest BCUT2D eigenvalue weighted by Gasteiger charge is -1.80. The predicted octanol–water partition coefficient (Wildman–Crippen LogP) is -1.05. The van der Waals surface area contributed by atoms with Gasteiger partial charge in [-0.25, -0.2) is 4.72 Å². The van der Waals surface area contributed by atoms with Crippen molar-refractivity contribution in [3.05, 3.63) is 0 Å². The van der Waals surface area contributed by atoms with E-state index < -0.39 is 10.4 Å². The molecule has 0 aliphatic carbocycles. The van der Waals surface area contributed by atoms with Crippen LogP contribution >= 0.6 is 0 Å². The summed E-state index contributed by atoms with van der Waals surface area (Å²) in [6, 6.07) is 0. The minimum Gasteiger partial charge on any atom is -0.278 e. The molecule has 1 amide bonds. The van der Waals surface area contributed by atoms with Crippen molar-refractivity contribution in [2.24, 2.45) is 0 Å². The minimum atomic E-state index is -4.79. The molecule has 6 heteroatoms. The molecule has 4 nitrogen and oxygen atoms in total. The minimum absolute atomic E-state index is 0.255. The maximum absolute atomic E-state index is 11.0. The van der Waals surface area contributed by atoms with Gasteiger partial charge in [-0.2, -0.15) is 8.42 Å². The van der Waals surface area contributed by atoms with Crippen LogP contribution in [0.25, 0.3) is 0 Å². The highest BCUT2D eigenvalue weighted by Crippen LogP contribution is 1.76. The van der Waals surface area contributed by atoms with E-state index in [2.05, 4.69) is 0 Å². The maximum atomic E-state index is 11.0. The summed E-state index contributed by atoms with van der Waals surface area (Å²) in [7, 11) is -4.79. The number of carbonyl (C=O) groups excluding carboxylic acids is 1. The van der Waals surface area contributed by atoms with Gasteiger partial charge in [0, 0.05) is 0 Å². The molecule has 7 heavy (non-hydrogen) atoms. The van der Waals surface area contributed by atoms with Crippen molar-refractivity contribution < 1.29 is 17.1 Å². The second kappa shape index (κ2) is 1.87. The Morgan fingerprint density at radius 1 is 1.57 bits per heavy atom. The summed E-state index contributed by atoms with van der Waals surface area (Å²) in [6.45, 7) is 0. The summed E-state index contributed by atoms with van der Waals surface area (Å²) >= 11 is 0. The zero-order valence-corrected chi connectivity index (χ0v) is 3.90. The molecule has 0 rings (SSSR count). The van der Waals surface area contributed by atoms with Gasteiger partial charge in [-0.15, -0.1) is 0 Å². The molecule has 0 aromatic carbocycles. The Kier molecular flexibility index (Phi) is 1.70. The van der Waals surface area contributed by atoms with Gasteiger partial charge in [0.1, 0.15) is 0 Å². The van der Waals surface area contributed by atoms with Crippen molar-refractivity contribution >= 4 is 16.8 Å². The zero-order chi connectivity index (χ0) is 5.91. The molecule has 0 aromatic rings. The molecule has 0 aliphatic rings. The molecule has 0 radical (unpaired) electrons. The van der Waals surface area contributed by atoms with Gasteiger partial charge in [-0.1, -0.05) is 3.89 Å². The highest BCUT2D eigenvalue weighted by Gasteiger charge is 1.99. The molecule has 0 heterocycles. The summed E-state index contributed by atoms with van der Waals surface area (Å²) in [5.74, 6) is 0. The highest BCUT2D eigenvalue weighted by atomic mass is 32.3. The molecule has 0 spiro atoms. The number of halogens is 1. The smallest absolute Gasteiger partial charge is 0.278 e. The number of carbonyl (C=O) groups is 1. The van der Waals surface area contributed by atoms with Crippen LogP contribution in [-0.4, -0.2) is 14.8 Å². The molecule has 0 saturated carbocycles. The largest absolute Gasteiger partial charge is 0.398 e. The average Bonchev–Trinajstić information content (AvgIpc) is 1.30. The molecular formula is CH2FNO3S. The first-order chi connectivity index (χ1) is 3.06. The van der Waals surface area contributed by atoms with E-state index >= 15 is 0 Å². The standard InChI is InChI=1S/CH2FNO3S/c2-7(5,6)3-1-4/h1H,(H,3,4). The summed E-state index contributed by atoms with van der Waals surface area (Å²) in [6.07, 6.45) is -0.255. The van der Waals surface area contributed by atoms with Gasteiger partial charge in [0.15, 0.2) is 0 Å². The SMILES string of the molecule is O=CNS(=O)(=O)F. The van der Waals surface area contributed by atoms with E-state index in [1.807, 2.05) is 0 Å². The number of amides is 1. The van der Waals surface area contributed by atoms with E-state index in [0.717, 1.165) is 4.72 Å². The Labute approximate surface area is 39.7 Å². The lowest BCUT2D eigenvalue weighted by molar-refractivity contribution is -0.108. The Morgan fingerprint density at radius 3 is 2.00 bits per heavy atom. The van der Waals surface area contributed by atoms with Crippen molar-refractivity contribution in [3.63, 3.8) is 0 Å². The normalized spacial score (nSPS) is 10.4. The Balaban J connectivity index is 3.84. The van der Waals surface area contributed by atoms with E-state index in [0.29, 0.717) is 0 Å². The first kappa shape index (κ1) is 6.35. The van der Waals surface area contributed by atoms with Crippen LogP contribution in [0.1, 0.15) is 0 Å². The third kappa shape index (κ3) is 5.35.